The van der Waals surface area contributed by atoms with Gasteiger partial charge in [-0.25, -0.2) is 4.39 Å². The number of carbonyl (C=O) groups is 1. The normalized spacial score (nSPS) is 20.0. The molecule has 0 amide bonds. The van der Waals surface area contributed by atoms with Crippen LogP contribution in [0.4, 0.5) is 30.7 Å². The standard InChI is InChI=1S/C23H22F7NO2/c1-33-21(32)10-15-8-17(16-3-5-18(6-4-16)22(25,26)27)13-31(12-15)11-14-2-7-19(20(24)9-14)23(28,29)30/h2-7,9,15,17H,8,10-13H2,1H3/t15-,17+/m1/s1. The Labute approximate surface area is 186 Å². The molecular formula is C23H22F7NO2. The van der Waals surface area contributed by atoms with Crippen molar-refractivity contribution in [2.24, 2.45) is 5.92 Å². The molecule has 0 bridgehead atoms. The van der Waals surface area contributed by atoms with Gasteiger partial charge in [0.2, 0.25) is 0 Å². The molecule has 3 rings (SSSR count). The Morgan fingerprint density at radius 1 is 1.00 bits per heavy atom. The second-order valence-corrected chi connectivity index (χ2v) is 8.20. The highest BCUT2D eigenvalue weighted by Crippen LogP contribution is 2.36. The van der Waals surface area contributed by atoms with Crippen molar-refractivity contribution in [2.75, 3.05) is 20.2 Å². The second kappa shape index (κ2) is 9.70. The first-order chi connectivity index (χ1) is 15.4. The Hall–Kier alpha value is -2.62. The maximum atomic E-state index is 14.0. The van der Waals surface area contributed by atoms with Crippen molar-refractivity contribution in [2.45, 2.75) is 37.7 Å². The molecule has 0 saturated carbocycles. The number of methoxy groups -OCH3 is 1. The Bertz CT molecular complexity index is 970. The first-order valence-corrected chi connectivity index (χ1v) is 10.2. The monoisotopic (exact) mass is 477 g/mol. The van der Waals surface area contributed by atoms with E-state index in [0.29, 0.717) is 36.7 Å². The molecule has 0 N–H and O–H groups in total. The first kappa shape index (κ1) is 25.0. The van der Waals surface area contributed by atoms with Gasteiger partial charge in [0.15, 0.2) is 0 Å². The molecule has 2 aromatic rings. The van der Waals surface area contributed by atoms with E-state index in [-0.39, 0.29) is 24.8 Å². The zero-order valence-corrected chi connectivity index (χ0v) is 17.6. The number of carbonyl (C=O) groups excluding carboxylic acids is 1. The lowest BCUT2D eigenvalue weighted by Crippen LogP contribution is -2.40. The van der Waals surface area contributed by atoms with Crippen molar-refractivity contribution in [3.63, 3.8) is 0 Å². The number of rotatable bonds is 5. The number of esters is 1. The molecule has 10 heteroatoms. The van der Waals surface area contributed by atoms with Crippen LogP contribution in [0, 0.1) is 11.7 Å². The second-order valence-electron chi connectivity index (χ2n) is 8.20. The fourth-order valence-electron chi connectivity index (χ4n) is 4.23. The number of hydrogen-bond donors (Lipinski definition) is 0. The molecule has 3 nitrogen and oxygen atoms in total. The van der Waals surface area contributed by atoms with Crippen LogP contribution < -0.4 is 0 Å². The van der Waals surface area contributed by atoms with E-state index in [4.69, 9.17) is 4.74 Å². The van der Waals surface area contributed by atoms with Crippen LogP contribution in [0.5, 0.6) is 0 Å². The quantitative estimate of drug-likeness (QED) is 0.389. The molecule has 0 spiro atoms. The summed E-state index contributed by atoms with van der Waals surface area (Å²) in [7, 11) is 1.25. The number of halogens is 7. The lowest BCUT2D eigenvalue weighted by molar-refractivity contribution is -0.142. The Morgan fingerprint density at radius 3 is 2.21 bits per heavy atom. The zero-order chi connectivity index (χ0) is 24.4. The van der Waals surface area contributed by atoms with Crippen molar-refractivity contribution in [1.29, 1.82) is 0 Å². The van der Waals surface area contributed by atoms with E-state index in [1.54, 1.807) is 0 Å². The Kier molecular flexibility index (Phi) is 7.36. The van der Waals surface area contributed by atoms with Gasteiger partial charge in [0.05, 0.1) is 18.2 Å². The van der Waals surface area contributed by atoms with Crippen LogP contribution in [-0.4, -0.2) is 31.1 Å². The van der Waals surface area contributed by atoms with Crippen LogP contribution >= 0.6 is 0 Å². The zero-order valence-electron chi connectivity index (χ0n) is 17.6. The first-order valence-electron chi connectivity index (χ1n) is 10.2. The Balaban J connectivity index is 1.80. The van der Waals surface area contributed by atoms with E-state index < -0.39 is 35.3 Å². The highest BCUT2D eigenvalue weighted by Gasteiger charge is 2.35. The van der Waals surface area contributed by atoms with E-state index in [1.807, 2.05) is 4.90 Å². The maximum absolute atomic E-state index is 14.0. The van der Waals surface area contributed by atoms with E-state index in [9.17, 15) is 35.5 Å². The molecule has 0 unspecified atom stereocenters. The maximum Gasteiger partial charge on any atom is 0.419 e. The van der Waals surface area contributed by atoms with Gasteiger partial charge < -0.3 is 4.74 Å². The summed E-state index contributed by atoms with van der Waals surface area (Å²) in [5.41, 5.74) is -1.15. The molecule has 0 radical (unpaired) electrons. The molecule has 2 atom stereocenters. The number of likely N-dealkylation sites (tertiary alicyclic amines) is 1. The van der Waals surface area contributed by atoms with Gasteiger partial charge in [-0.1, -0.05) is 18.2 Å². The molecule has 180 valence electrons. The van der Waals surface area contributed by atoms with E-state index in [2.05, 4.69) is 0 Å². The van der Waals surface area contributed by atoms with Gasteiger partial charge in [0.1, 0.15) is 5.82 Å². The fourth-order valence-corrected chi connectivity index (χ4v) is 4.23. The highest BCUT2D eigenvalue weighted by molar-refractivity contribution is 5.69. The number of piperidine rings is 1. The van der Waals surface area contributed by atoms with Crippen LogP contribution in [0.1, 0.15) is 41.0 Å². The fraction of sp³-hybridized carbons (Fsp3) is 0.435. The minimum absolute atomic E-state index is 0.0888. The number of hydrogen-bond acceptors (Lipinski definition) is 3. The van der Waals surface area contributed by atoms with Gasteiger partial charge in [-0.3, -0.25) is 9.69 Å². The van der Waals surface area contributed by atoms with Crippen molar-refractivity contribution in [1.82, 2.24) is 4.90 Å². The summed E-state index contributed by atoms with van der Waals surface area (Å²) < 4.78 is 95.8. The summed E-state index contributed by atoms with van der Waals surface area (Å²) in [6, 6.07) is 7.49. The summed E-state index contributed by atoms with van der Waals surface area (Å²) in [4.78, 5) is 13.7. The lowest BCUT2D eigenvalue weighted by atomic mass is 9.82. The molecule has 33 heavy (non-hydrogen) atoms. The number of alkyl halides is 6. The third-order valence-corrected chi connectivity index (χ3v) is 5.75. The van der Waals surface area contributed by atoms with Crippen molar-refractivity contribution < 1.29 is 40.3 Å². The van der Waals surface area contributed by atoms with Gasteiger partial charge >= 0.3 is 18.3 Å². The average Bonchev–Trinajstić information content (AvgIpc) is 2.72. The molecule has 0 aliphatic carbocycles. The molecule has 1 heterocycles. The van der Waals surface area contributed by atoms with Gasteiger partial charge in [-0.05, 0) is 53.6 Å². The largest absolute Gasteiger partial charge is 0.469 e. The summed E-state index contributed by atoms with van der Waals surface area (Å²) in [5.74, 6) is -2.20. The summed E-state index contributed by atoms with van der Waals surface area (Å²) in [5, 5.41) is 0. The number of nitrogens with zero attached hydrogens (tertiary/aromatic N) is 1. The topological polar surface area (TPSA) is 29.5 Å². The van der Waals surface area contributed by atoms with Gasteiger partial charge in [0, 0.05) is 26.1 Å². The van der Waals surface area contributed by atoms with E-state index in [1.165, 1.54) is 25.3 Å². The molecule has 2 aromatic carbocycles. The minimum atomic E-state index is -4.80. The number of benzene rings is 2. The minimum Gasteiger partial charge on any atom is -0.469 e. The molecule has 1 fully saturated rings. The van der Waals surface area contributed by atoms with Gasteiger partial charge in [-0.2, -0.15) is 26.3 Å². The van der Waals surface area contributed by atoms with Crippen LogP contribution in [0.15, 0.2) is 42.5 Å². The lowest BCUT2D eigenvalue weighted by Gasteiger charge is -2.38. The van der Waals surface area contributed by atoms with Crippen LogP contribution in [0.3, 0.4) is 0 Å². The summed E-state index contributed by atoms with van der Waals surface area (Å²) in [6.45, 7) is 0.935. The molecular weight excluding hydrogens is 455 g/mol. The van der Waals surface area contributed by atoms with Crippen LogP contribution in [0.2, 0.25) is 0 Å². The SMILES string of the molecule is COC(=O)C[C@H]1C[C@H](c2ccc(C(F)(F)F)cc2)CN(Cc2ccc(C(F)(F)F)c(F)c2)C1. The van der Waals surface area contributed by atoms with Crippen molar-refractivity contribution >= 4 is 5.97 Å². The van der Waals surface area contributed by atoms with Crippen molar-refractivity contribution in [3.8, 4) is 0 Å². The van der Waals surface area contributed by atoms with Crippen LogP contribution in [0.25, 0.3) is 0 Å². The third-order valence-electron chi connectivity index (χ3n) is 5.75. The molecule has 1 aliphatic rings. The van der Waals surface area contributed by atoms with E-state index >= 15 is 0 Å². The van der Waals surface area contributed by atoms with Gasteiger partial charge in [-0.15, -0.1) is 0 Å². The smallest absolute Gasteiger partial charge is 0.419 e. The molecule has 0 aromatic heterocycles. The molecule has 1 saturated heterocycles. The van der Waals surface area contributed by atoms with E-state index in [0.717, 1.165) is 18.2 Å². The number of ether oxygens (including phenoxy) is 1. The predicted octanol–water partition coefficient (Wildman–Crippen LogP) is 6.03. The summed E-state index contributed by atoms with van der Waals surface area (Å²) >= 11 is 0. The summed E-state index contributed by atoms with van der Waals surface area (Å²) in [6.07, 6.45) is -8.64. The average molecular weight is 477 g/mol. The van der Waals surface area contributed by atoms with Gasteiger partial charge in [0.25, 0.3) is 0 Å². The van der Waals surface area contributed by atoms with Crippen LogP contribution in [-0.2, 0) is 28.4 Å². The van der Waals surface area contributed by atoms with Crippen molar-refractivity contribution in [3.05, 3.63) is 70.5 Å². The molecule has 1 aliphatic heterocycles. The third kappa shape index (κ3) is 6.46. The Morgan fingerprint density at radius 2 is 1.67 bits per heavy atom. The predicted molar refractivity (Wildman–Crippen MR) is 106 cm³/mol. The highest BCUT2D eigenvalue weighted by atomic mass is 19.4.